The third-order valence-electron chi connectivity index (χ3n) is 8.40. The molecule has 0 amide bonds. The summed E-state index contributed by atoms with van der Waals surface area (Å²) in [7, 11) is -20.2. The van der Waals surface area contributed by atoms with Gasteiger partial charge < -0.3 is 43.7 Å². The van der Waals surface area contributed by atoms with Crippen LogP contribution in [0.15, 0.2) is 143 Å². The number of hydrogen-bond acceptors (Lipinski definition) is 24. The van der Waals surface area contributed by atoms with Crippen molar-refractivity contribution in [1.29, 1.82) is 0 Å². The first-order valence-electron chi connectivity index (χ1n) is 17.4. The van der Waals surface area contributed by atoms with E-state index in [0.29, 0.717) is 17.4 Å². The SMILES string of the molecule is C.C=CCc1ccc(O)c(N=Nc2c(O)c(S(=O)(=O)[O-])cc3cc(S(=O)(=O)[O-])ccc23)c1.O=S(=O)([O-])c1ccc2c(N=Nc3cc(SOOCCO)ccc3O)c(O)c(S(=O)(=O)[O-])cc2c1.[Cu].[Cu].[Na+].[Na+].[Na+].[Na+]. The van der Waals surface area contributed by atoms with Crippen LogP contribution in [0.3, 0.4) is 0 Å². The van der Waals surface area contributed by atoms with E-state index in [1.54, 1.807) is 12.1 Å². The molecule has 0 saturated heterocycles. The molecule has 0 aliphatic heterocycles. The Morgan fingerprint density at radius 1 is 0.569 bits per heavy atom. The van der Waals surface area contributed by atoms with Crippen LogP contribution in [0.4, 0.5) is 22.7 Å². The molecule has 2 radical (unpaired) electrons. The molecule has 0 aromatic heterocycles. The molecule has 72 heavy (non-hydrogen) atoms. The topological polar surface area (TPSA) is 398 Å². The maximum Gasteiger partial charge on any atom is 1.00 e. The Morgan fingerprint density at radius 3 is 1.38 bits per heavy atom. The van der Waals surface area contributed by atoms with Gasteiger partial charge in [-0.3, -0.25) is 0 Å². The Kier molecular flexibility index (Phi) is 33.3. The molecule has 0 spiro atoms. The maximum atomic E-state index is 11.6. The minimum atomic E-state index is -5.24. The third-order valence-corrected chi connectivity index (χ3v) is 12.4. The van der Waals surface area contributed by atoms with Crippen molar-refractivity contribution in [2.45, 2.75) is 38.3 Å². The van der Waals surface area contributed by atoms with Crippen molar-refractivity contribution in [3.8, 4) is 23.0 Å². The van der Waals surface area contributed by atoms with Gasteiger partial charge in [0.05, 0.1) is 38.2 Å². The molecule has 374 valence electrons. The van der Waals surface area contributed by atoms with Crippen LogP contribution in [0, 0.1) is 0 Å². The smallest absolute Gasteiger partial charge is 0.744 e. The summed E-state index contributed by atoms with van der Waals surface area (Å²) in [6, 6.07) is 15.6. The van der Waals surface area contributed by atoms with Gasteiger partial charge in [0.15, 0.2) is 11.5 Å². The Labute approximate surface area is 526 Å². The van der Waals surface area contributed by atoms with E-state index >= 15 is 0 Å². The van der Waals surface area contributed by atoms with Gasteiger partial charge in [0.1, 0.15) is 81.3 Å². The molecule has 0 fully saturated rings. The molecular formula is C38H32Cu2N4Na4O19S5. The van der Waals surface area contributed by atoms with Gasteiger partial charge in [-0.05, 0) is 89.5 Å². The molecule has 34 heteroatoms. The summed E-state index contributed by atoms with van der Waals surface area (Å²) in [6.07, 6.45) is 2.09. The summed E-state index contributed by atoms with van der Waals surface area (Å²) in [5, 5.41) is 64.2. The summed E-state index contributed by atoms with van der Waals surface area (Å²) in [6.45, 7) is 3.25. The van der Waals surface area contributed by atoms with Crippen LogP contribution in [0.1, 0.15) is 13.0 Å². The number of azo groups is 2. The standard InChI is InChI=1S/C19H16N2O8S2.C18H16N2O11S3.CH4.2Cu.4Na/c1-2-3-11-4-7-16(22)15(8-11)20-21-18-14-6-5-13(30(24,25)26)9-12(14)10-17(19(18)23)31(27,28)29;21-5-6-30-31-32-11-1-4-15(22)14(9-11)19-20-17-13-3-2-12(33(24,25)26)7-10(13)8-16(18(17)23)34(27,28)29;;;;;;;/h2,4-10,22-23H,1,3H2,(H,24,25,26)(H,27,28,29);1-4,7-9,21-23H,5-6H2,(H,24,25,26)(H,27,28,29);1H4;;;;;;/q;;;;;4*+1/p-4. The van der Waals surface area contributed by atoms with Gasteiger partial charge in [-0.25, -0.2) is 38.6 Å². The first kappa shape index (κ1) is 75.1. The summed E-state index contributed by atoms with van der Waals surface area (Å²) >= 11 is 0.718. The number of phenolic OH excluding ortho intramolecular Hbond substituents is 4. The van der Waals surface area contributed by atoms with Crippen LogP contribution in [-0.2, 0) is 90.3 Å². The van der Waals surface area contributed by atoms with E-state index < -0.39 is 82.9 Å². The summed E-state index contributed by atoms with van der Waals surface area (Å²) in [4.78, 5) is 1.46. The zero-order valence-electron chi connectivity index (χ0n) is 36.9. The van der Waals surface area contributed by atoms with E-state index in [9.17, 15) is 72.3 Å². The molecule has 6 rings (SSSR count). The predicted molar refractivity (Wildman–Crippen MR) is 228 cm³/mol. The van der Waals surface area contributed by atoms with E-state index in [1.165, 1.54) is 30.3 Å². The molecule has 5 N–H and O–H groups in total. The number of benzene rings is 6. The second-order valence-electron chi connectivity index (χ2n) is 12.8. The van der Waals surface area contributed by atoms with Crippen LogP contribution in [0.25, 0.3) is 21.5 Å². The van der Waals surface area contributed by atoms with Crippen molar-refractivity contribution in [2.24, 2.45) is 20.5 Å². The zero-order valence-corrected chi connectivity index (χ0v) is 50.8. The molecule has 6 aromatic rings. The Bertz CT molecular complexity index is 3400. The molecule has 0 saturated carbocycles. The Hall–Kier alpha value is -1.11. The first-order chi connectivity index (χ1) is 30.3. The summed E-state index contributed by atoms with van der Waals surface area (Å²) < 4.78 is 142. The second-order valence-corrected chi connectivity index (χ2v) is 19.0. The number of aliphatic hydroxyl groups is 1. The predicted octanol–water partition coefficient (Wildman–Crippen LogP) is -5.73. The van der Waals surface area contributed by atoms with Crippen LogP contribution in [-0.4, -0.2) is 90.6 Å². The number of rotatable bonds is 15. The average Bonchev–Trinajstić information content (AvgIpc) is 3.21. The Balaban J connectivity index is -0.00000121. The molecule has 23 nitrogen and oxygen atoms in total. The first-order valence-corrected chi connectivity index (χ1v) is 23.8. The molecule has 0 atom stereocenters. The minimum absolute atomic E-state index is 0. The van der Waals surface area contributed by atoms with E-state index in [0.717, 1.165) is 60.1 Å². The fraction of sp³-hybridized carbons (Fsp3) is 0.105. The van der Waals surface area contributed by atoms with Gasteiger partial charge in [-0.1, -0.05) is 31.7 Å². The molecular weight excluding hydrogens is 1200 g/mol. The van der Waals surface area contributed by atoms with Crippen LogP contribution >= 0.6 is 12.0 Å². The summed E-state index contributed by atoms with van der Waals surface area (Å²) in [5.41, 5.74) is -0.424. The van der Waals surface area contributed by atoms with Gasteiger partial charge in [-0.15, -0.1) is 27.0 Å². The number of nitrogens with zero attached hydrogens (tertiary/aromatic N) is 4. The second kappa shape index (κ2) is 31.9. The number of aliphatic hydroxyl groups excluding tert-OH is 1. The summed E-state index contributed by atoms with van der Waals surface area (Å²) in [5.74, 6) is -2.69. The molecule has 0 aliphatic rings. The Morgan fingerprint density at radius 2 is 0.986 bits per heavy atom. The van der Waals surface area contributed by atoms with Gasteiger partial charge in [-0.2, -0.15) is 4.33 Å². The van der Waals surface area contributed by atoms with E-state index in [1.807, 2.05) is 0 Å². The number of hydrogen-bond donors (Lipinski definition) is 5. The molecule has 0 bridgehead atoms. The van der Waals surface area contributed by atoms with Crippen molar-refractivity contribution >= 4 is 96.8 Å². The molecule has 6 aromatic carbocycles. The van der Waals surface area contributed by atoms with Crippen LogP contribution in [0.5, 0.6) is 23.0 Å². The molecule has 0 heterocycles. The van der Waals surface area contributed by atoms with Crippen LogP contribution < -0.4 is 118 Å². The van der Waals surface area contributed by atoms with Gasteiger partial charge in [0.25, 0.3) is 0 Å². The van der Waals surface area contributed by atoms with Crippen molar-refractivity contribution < 1.29 is 239 Å². The van der Waals surface area contributed by atoms with Crippen LogP contribution in [0.2, 0.25) is 0 Å². The largest absolute Gasteiger partial charge is 1.00 e. The molecule has 0 aliphatic carbocycles. The normalized spacial score (nSPS) is 11.3. The molecule has 0 unspecified atom stereocenters. The minimum Gasteiger partial charge on any atom is -0.744 e. The number of fused-ring (bicyclic) bond motifs is 2. The number of aromatic hydroxyl groups is 4. The van der Waals surface area contributed by atoms with E-state index in [-0.39, 0.29) is 217 Å². The van der Waals surface area contributed by atoms with Crippen molar-refractivity contribution in [1.82, 2.24) is 0 Å². The number of phenols is 4. The fourth-order valence-electron chi connectivity index (χ4n) is 5.47. The average molecular weight is 1230 g/mol. The monoisotopic (exact) mass is 1230 g/mol. The van der Waals surface area contributed by atoms with Crippen molar-refractivity contribution in [2.75, 3.05) is 13.2 Å². The van der Waals surface area contributed by atoms with Gasteiger partial charge >= 0.3 is 118 Å². The van der Waals surface area contributed by atoms with Crippen molar-refractivity contribution in [3.05, 3.63) is 103 Å². The van der Waals surface area contributed by atoms with Crippen molar-refractivity contribution in [3.63, 3.8) is 0 Å². The fourth-order valence-corrected chi connectivity index (χ4v) is 8.17. The van der Waals surface area contributed by atoms with Gasteiger partial charge in [0.2, 0.25) is 0 Å². The van der Waals surface area contributed by atoms with Gasteiger partial charge in [0, 0.05) is 49.8 Å². The quantitative estimate of drug-likeness (QED) is 0.00935. The maximum absolute atomic E-state index is 11.6. The zero-order chi connectivity index (χ0) is 48.1. The van der Waals surface area contributed by atoms with E-state index in [2.05, 4.69) is 31.9 Å². The van der Waals surface area contributed by atoms with E-state index in [4.69, 9.17) is 9.44 Å². The third kappa shape index (κ3) is 20.0. The number of allylic oxidation sites excluding steroid dienone is 1.